The van der Waals surface area contributed by atoms with Gasteiger partial charge in [0, 0.05) is 0 Å². The van der Waals surface area contributed by atoms with Crippen molar-refractivity contribution in [1.29, 1.82) is 5.26 Å². The van der Waals surface area contributed by atoms with Gasteiger partial charge < -0.3 is 4.74 Å². The van der Waals surface area contributed by atoms with Crippen LogP contribution in [0.1, 0.15) is 13.8 Å². The van der Waals surface area contributed by atoms with E-state index in [0.717, 1.165) is 0 Å². The number of sulfone groups is 1. The fourth-order valence-electron chi connectivity index (χ4n) is 1.50. The van der Waals surface area contributed by atoms with Crippen LogP contribution in [-0.2, 0) is 9.84 Å². The topological polar surface area (TPSA) is 67.2 Å². The highest BCUT2D eigenvalue weighted by Gasteiger charge is 2.30. The number of hydrogen-bond acceptors (Lipinski definition) is 4. The number of nitrogens with zero attached hydrogens (tertiary/aromatic N) is 1. The van der Waals surface area contributed by atoms with Gasteiger partial charge in [0.1, 0.15) is 5.75 Å². The number of rotatable bonds is 4. The Labute approximate surface area is 102 Å². The van der Waals surface area contributed by atoms with E-state index in [1.165, 1.54) is 19.2 Å². The number of methoxy groups -OCH3 is 1. The lowest BCUT2D eigenvalue weighted by atomic mass is 10.1. The summed E-state index contributed by atoms with van der Waals surface area (Å²) in [6.45, 7) is 3.43. The standard InChI is InChI=1S/C12H15NO3S/c1-9(2)12(8-13)17(14,15)11-6-4-5-10(7-11)16-3/h4-7,9,12H,1-3H3. The third kappa shape index (κ3) is 2.77. The van der Waals surface area contributed by atoms with Crippen LogP contribution in [-0.4, -0.2) is 20.8 Å². The van der Waals surface area contributed by atoms with E-state index < -0.39 is 15.1 Å². The minimum absolute atomic E-state index is 0.122. The maximum absolute atomic E-state index is 12.2. The van der Waals surface area contributed by atoms with Crippen molar-refractivity contribution >= 4 is 9.84 Å². The highest BCUT2D eigenvalue weighted by Crippen LogP contribution is 2.24. The molecule has 92 valence electrons. The Kier molecular flexibility index (Phi) is 4.13. The summed E-state index contributed by atoms with van der Waals surface area (Å²) < 4.78 is 29.4. The molecule has 0 N–H and O–H groups in total. The molecule has 0 fully saturated rings. The van der Waals surface area contributed by atoms with Gasteiger partial charge in [-0.3, -0.25) is 0 Å². The quantitative estimate of drug-likeness (QED) is 0.823. The molecule has 0 aromatic heterocycles. The summed E-state index contributed by atoms with van der Waals surface area (Å²) in [6.07, 6.45) is 0. The highest BCUT2D eigenvalue weighted by atomic mass is 32.2. The molecule has 1 aromatic carbocycles. The van der Waals surface area contributed by atoms with Crippen LogP contribution in [0.2, 0.25) is 0 Å². The van der Waals surface area contributed by atoms with Gasteiger partial charge in [-0.05, 0) is 24.1 Å². The second-order valence-electron chi connectivity index (χ2n) is 4.02. The van der Waals surface area contributed by atoms with Gasteiger partial charge in [0.05, 0.1) is 18.1 Å². The highest BCUT2D eigenvalue weighted by molar-refractivity contribution is 7.92. The molecule has 0 aliphatic carbocycles. The van der Waals surface area contributed by atoms with Crippen molar-refractivity contribution in [3.05, 3.63) is 24.3 Å². The molecule has 0 aliphatic rings. The molecule has 0 amide bonds. The molecule has 1 aromatic rings. The molecular formula is C12H15NO3S. The van der Waals surface area contributed by atoms with Crippen LogP contribution < -0.4 is 4.74 Å². The Balaban J connectivity index is 3.26. The molecule has 0 heterocycles. The van der Waals surface area contributed by atoms with E-state index in [-0.39, 0.29) is 10.8 Å². The first-order valence-corrected chi connectivity index (χ1v) is 6.75. The Morgan fingerprint density at radius 2 is 2.00 bits per heavy atom. The molecular weight excluding hydrogens is 238 g/mol. The van der Waals surface area contributed by atoms with Gasteiger partial charge >= 0.3 is 0 Å². The van der Waals surface area contributed by atoms with E-state index in [9.17, 15) is 8.42 Å². The predicted molar refractivity (Wildman–Crippen MR) is 64.4 cm³/mol. The number of ether oxygens (including phenoxy) is 1. The van der Waals surface area contributed by atoms with E-state index in [4.69, 9.17) is 10.00 Å². The van der Waals surface area contributed by atoms with E-state index in [1.54, 1.807) is 26.0 Å². The summed E-state index contributed by atoms with van der Waals surface area (Å²) in [5.74, 6) is 0.211. The average Bonchev–Trinajstić information content (AvgIpc) is 2.29. The van der Waals surface area contributed by atoms with Crippen LogP contribution in [0.15, 0.2) is 29.2 Å². The van der Waals surface area contributed by atoms with E-state index in [0.29, 0.717) is 5.75 Å². The van der Waals surface area contributed by atoms with Crippen molar-refractivity contribution in [3.8, 4) is 11.8 Å². The third-order valence-electron chi connectivity index (χ3n) is 2.44. The molecule has 0 spiro atoms. The van der Waals surface area contributed by atoms with E-state index in [2.05, 4.69) is 0 Å². The Hall–Kier alpha value is -1.54. The Morgan fingerprint density at radius 3 is 2.47 bits per heavy atom. The number of nitriles is 1. The van der Waals surface area contributed by atoms with Gasteiger partial charge in [0.2, 0.25) is 0 Å². The third-order valence-corrected chi connectivity index (χ3v) is 4.67. The van der Waals surface area contributed by atoms with Crippen LogP contribution in [0.3, 0.4) is 0 Å². The van der Waals surface area contributed by atoms with Crippen LogP contribution in [0, 0.1) is 17.2 Å². The first-order chi connectivity index (χ1) is 7.93. The fourth-order valence-corrected chi connectivity index (χ4v) is 3.20. The van der Waals surface area contributed by atoms with Gasteiger partial charge in [0.15, 0.2) is 15.1 Å². The monoisotopic (exact) mass is 253 g/mol. The lowest BCUT2D eigenvalue weighted by molar-refractivity contribution is 0.413. The number of benzene rings is 1. The van der Waals surface area contributed by atoms with E-state index >= 15 is 0 Å². The molecule has 0 saturated carbocycles. The summed E-state index contributed by atoms with van der Waals surface area (Å²) in [7, 11) is -2.16. The van der Waals surface area contributed by atoms with E-state index in [1.807, 2.05) is 6.07 Å². The molecule has 0 saturated heterocycles. The molecule has 4 nitrogen and oxygen atoms in total. The van der Waals surface area contributed by atoms with Gasteiger partial charge in [0.25, 0.3) is 0 Å². The number of hydrogen-bond donors (Lipinski definition) is 0. The lowest BCUT2D eigenvalue weighted by Crippen LogP contribution is -2.25. The molecule has 5 heteroatoms. The summed E-state index contributed by atoms with van der Waals surface area (Å²) in [5, 5.41) is 7.93. The summed E-state index contributed by atoms with van der Waals surface area (Å²) >= 11 is 0. The van der Waals surface area contributed by atoms with Crippen molar-refractivity contribution in [3.63, 3.8) is 0 Å². The summed E-state index contributed by atoms with van der Waals surface area (Å²) in [6, 6.07) is 8.02. The zero-order chi connectivity index (χ0) is 13.1. The lowest BCUT2D eigenvalue weighted by Gasteiger charge is -2.14. The van der Waals surface area contributed by atoms with Crippen molar-refractivity contribution in [2.45, 2.75) is 24.0 Å². The van der Waals surface area contributed by atoms with Gasteiger partial charge in [-0.15, -0.1) is 0 Å². The zero-order valence-electron chi connectivity index (χ0n) is 10.0. The molecule has 1 unspecified atom stereocenters. The van der Waals surface area contributed by atoms with Crippen molar-refractivity contribution in [2.24, 2.45) is 5.92 Å². The average molecular weight is 253 g/mol. The minimum Gasteiger partial charge on any atom is -0.497 e. The smallest absolute Gasteiger partial charge is 0.194 e. The van der Waals surface area contributed by atoms with Crippen molar-refractivity contribution in [2.75, 3.05) is 7.11 Å². The fraction of sp³-hybridized carbons (Fsp3) is 0.417. The van der Waals surface area contributed by atoms with Crippen molar-refractivity contribution in [1.82, 2.24) is 0 Å². The van der Waals surface area contributed by atoms with Gasteiger partial charge in [-0.25, -0.2) is 8.42 Å². The summed E-state index contributed by atoms with van der Waals surface area (Å²) in [5.41, 5.74) is 0. The zero-order valence-corrected chi connectivity index (χ0v) is 10.9. The van der Waals surface area contributed by atoms with Crippen LogP contribution in [0.4, 0.5) is 0 Å². The largest absolute Gasteiger partial charge is 0.497 e. The Morgan fingerprint density at radius 1 is 1.35 bits per heavy atom. The van der Waals surface area contributed by atoms with Crippen LogP contribution in [0.5, 0.6) is 5.75 Å². The Bertz CT molecular complexity index is 529. The van der Waals surface area contributed by atoms with Gasteiger partial charge in [-0.1, -0.05) is 19.9 Å². The van der Waals surface area contributed by atoms with Crippen LogP contribution in [0.25, 0.3) is 0 Å². The second-order valence-corrected chi connectivity index (χ2v) is 6.09. The van der Waals surface area contributed by atoms with Gasteiger partial charge in [-0.2, -0.15) is 5.26 Å². The maximum atomic E-state index is 12.2. The summed E-state index contributed by atoms with van der Waals surface area (Å²) in [4.78, 5) is 0.122. The molecule has 1 atom stereocenters. The normalized spacial score (nSPS) is 13.1. The second kappa shape index (κ2) is 5.19. The molecule has 17 heavy (non-hydrogen) atoms. The molecule has 0 bridgehead atoms. The maximum Gasteiger partial charge on any atom is 0.194 e. The van der Waals surface area contributed by atoms with Crippen molar-refractivity contribution < 1.29 is 13.2 Å². The molecule has 0 aliphatic heterocycles. The SMILES string of the molecule is COc1cccc(S(=O)(=O)C(C#N)C(C)C)c1. The van der Waals surface area contributed by atoms with Crippen LogP contribution >= 0.6 is 0 Å². The molecule has 1 rings (SSSR count). The first kappa shape index (κ1) is 13.5. The predicted octanol–water partition coefficient (Wildman–Crippen LogP) is 2.02. The first-order valence-electron chi connectivity index (χ1n) is 5.21. The minimum atomic E-state index is -3.62. The molecule has 0 radical (unpaired) electrons.